The molecule has 0 radical (unpaired) electrons. The third-order valence-electron chi connectivity index (χ3n) is 4.64. The molecule has 3 rings (SSSR count). The third-order valence-corrected chi connectivity index (χ3v) is 4.97. The highest BCUT2D eigenvalue weighted by Crippen LogP contribution is 2.18. The molecule has 1 heterocycles. The first-order valence-corrected chi connectivity index (χ1v) is 8.94. The molecule has 1 fully saturated rings. The molecule has 1 amide bonds. The first-order chi connectivity index (χ1) is 12.2. The number of piperazine rings is 1. The lowest BCUT2D eigenvalue weighted by Gasteiger charge is -2.35. The summed E-state index contributed by atoms with van der Waals surface area (Å²) in [5.74, 6) is 0.913. The van der Waals surface area contributed by atoms with E-state index in [2.05, 4.69) is 17.0 Å². The molecule has 0 aliphatic carbocycles. The van der Waals surface area contributed by atoms with Crippen molar-refractivity contribution in [3.63, 3.8) is 0 Å². The molecule has 0 spiro atoms. The van der Waals surface area contributed by atoms with Crippen LogP contribution in [0.2, 0.25) is 5.02 Å². The standard InChI is InChI=1S/C20H23ClN2O2/c1-25-17-8-6-16(7-9-17)10-11-22-12-14-23(15-13-22)20(24)18-4-2-3-5-19(18)21/h2-9H,10-15H2,1H3. The van der Waals surface area contributed by atoms with Crippen molar-refractivity contribution in [1.82, 2.24) is 9.80 Å². The van der Waals surface area contributed by atoms with Gasteiger partial charge in [-0.1, -0.05) is 35.9 Å². The first kappa shape index (κ1) is 17.8. The highest BCUT2D eigenvalue weighted by molar-refractivity contribution is 6.33. The topological polar surface area (TPSA) is 32.8 Å². The summed E-state index contributed by atoms with van der Waals surface area (Å²) in [6.45, 7) is 4.28. The molecule has 0 unspecified atom stereocenters. The van der Waals surface area contributed by atoms with Gasteiger partial charge >= 0.3 is 0 Å². The van der Waals surface area contributed by atoms with Crippen LogP contribution < -0.4 is 4.74 Å². The molecule has 25 heavy (non-hydrogen) atoms. The number of hydrogen-bond acceptors (Lipinski definition) is 3. The van der Waals surface area contributed by atoms with Crippen LogP contribution in [0.5, 0.6) is 5.75 Å². The number of methoxy groups -OCH3 is 1. The number of rotatable bonds is 5. The molecule has 5 heteroatoms. The summed E-state index contributed by atoms with van der Waals surface area (Å²) < 4.78 is 5.19. The maximum atomic E-state index is 12.6. The second-order valence-corrected chi connectivity index (χ2v) is 6.62. The Labute approximate surface area is 154 Å². The number of amides is 1. The molecule has 0 bridgehead atoms. The van der Waals surface area contributed by atoms with Crippen molar-refractivity contribution in [3.8, 4) is 5.75 Å². The second kappa shape index (κ2) is 8.37. The number of benzene rings is 2. The SMILES string of the molecule is COc1ccc(CCN2CCN(C(=O)c3ccccc3Cl)CC2)cc1. The van der Waals surface area contributed by atoms with Gasteiger partial charge in [0.25, 0.3) is 5.91 Å². The normalized spacial score (nSPS) is 15.2. The van der Waals surface area contributed by atoms with E-state index in [1.165, 1.54) is 5.56 Å². The molecule has 0 atom stereocenters. The predicted octanol–water partition coefficient (Wildman–Crippen LogP) is 3.35. The summed E-state index contributed by atoms with van der Waals surface area (Å²) >= 11 is 6.14. The number of ether oxygens (including phenoxy) is 1. The molecule has 132 valence electrons. The van der Waals surface area contributed by atoms with Crippen LogP contribution in [0.1, 0.15) is 15.9 Å². The number of hydrogen-bond donors (Lipinski definition) is 0. The Kier molecular flexibility index (Phi) is 5.95. The number of carbonyl (C=O) groups is 1. The zero-order chi connectivity index (χ0) is 17.6. The third kappa shape index (κ3) is 4.53. The van der Waals surface area contributed by atoms with E-state index in [4.69, 9.17) is 16.3 Å². The predicted molar refractivity (Wildman–Crippen MR) is 100 cm³/mol. The van der Waals surface area contributed by atoms with Crippen LogP contribution in [-0.4, -0.2) is 55.5 Å². The number of carbonyl (C=O) groups excluding carboxylic acids is 1. The Morgan fingerprint density at radius 3 is 2.36 bits per heavy atom. The lowest BCUT2D eigenvalue weighted by molar-refractivity contribution is 0.0638. The zero-order valence-corrected chi connectivity index (χ0v) is 15.2. The van der Waals surface area contributed by atoms with Gasteiger partial charge in [0, 0.05) is 32.7 Å². The van der Waals surface area contributed by atoms with Crippen LogP contribution in [0.15, 0.2) is 48.5 Å². The van der Waals surface area contributed by atoms with Gasteiger partial charge in [0.2, 0.25) is 0 Å². The lowest BCUT2D eigenvalue weighted by Crippen LogP contribution is -2.49. The fourth-order valence-corrected chi connectivity index (χ4v) is 3.28. The van der Waals surface area contributed by atoms with Crippen LogP contribution in [0.4, 0.5) is 0 Å². The fraction of sp³-hybridized carbons (Fsp3) is 0.350. The second-order valence-electron chi connectivity index (χ2n) is 6.21. The van der Waals surface area contributed by atoms with Gasteiger partial charge in [0.05, 0.1) is 17.7 Å². The average molecular weight is 359 g/mol. The van der Waals surface area contributed by atoms with Gasteiger partial charge in [-0.15, -0.1) is 0 Å². The largest absolute Gasteiger partial charge is 0.497 e. The van der Waals surface area contributed by atoms with E-state index >= 15 is 0 Å². The lowest BCUT2D eigenvalue weighted by atomic mass is 10.1. The molecular formula is C20H23ClN2O2. The number of nitrogens with zero attached hydrogens (tertiary/aromatic N) is 2. The molecule has 0 aromatic heterocycles. The van der Waals surface area contributed by atoms with E-state index in [0.717, 1.165) is 44.9 Å². The minimum absolute atomic E-state index is 0.0282. The summed E-state index contributed by atoms with van der Waals surface area (Å²) in [4.78, 5) is 16.9. The van der Waals surface area contributed by atoms with Gasteiger partial charge in [0.15, 0.2) is 0 Å². The van der Waals surface area contributed by atoms with Gasteiger partial charge in [-0.3, -0.25) is 9.69 Å². The van der Waals surface area contributed by atoms with Crippen LogP contribution in [0.3, 0.4) is 0 Å². The van der Waals surface area contributed by atoms with E-state index in [1.807, 2.05) is 29.2 Å². The van der Waals surface area contributed by atoms with Crippen molar-refractivity contribution in [3.05, 3.63) is 64.7 Å². The van der Waals surface area contributed by atoms with Crippen LogP contribution in [-0.2, 0) is 6.42 Å². The Bertz CT molecular complexity index is 710. The zero-order valence-electron chi connectivity index (χ0n) is 14.5. The smallest absolute Gasteiger partial charge is 0.255 e. The Morgan fingerprint density at radius 2 is 1.72 bits per heavy atom. The van der Waals surface area contributed by atoms with E-state index in [1.54, 1.807) is 19.2 Å². The summed E-state index contributed by atoms with van der Waals surface area (Å²) in [6.07, 6.45) is 1.00. The van der Waals surface area contributed by atoms with Crippen LogP contribution >= 0.6 is 11.6 Å². The van der Waals surface area contributed by atoms with E-state index in [-0.39, 0.29) is 5.91 Å². The molecule has 0 saturated carbocycles. The minimum Gasteiger partial charge on any atom is -0.497 e. The van der Waals surface area contributed by atoms with E-state index in [0.29, 0.717) is 10.6 Å². The average Bonchev–Trinajstić information content (AvgIpc) is 2.67. The molecule has 2 aromatic carbocycles. The van der Waals surface area contributed by atoms with Gasteiger partial charge in [0.1, 0.15) is 5.75 Å². The highest BCUT2D eigenvalue weighted by atomic mass is 35.5. The summed E-state index contributed by atoms with van der Waals surface area (Å²) in [5, 5.41) is 0.523. The van der Waals surface area contributed by atoms with Crippen molar-refractivity contribution in [2.75, 3.05) is 39.8 Å². The Balaban J connectivity index is 1.48. The molecule has 0 N–H and O–H groups in total. The van der Waals surface area contributed by atoms with Crippen molar-refractivity contribution in [2.24, 2.45) is 0 Å². The van der Waals surface area contributed by atoms with E-state index < -0.39 is 0 Å². The van der Waals surface area contributed by atoms with Gasteiger partial charge < -0.3 is 9.64 Å². The molecule has 1 aliphatic heterocycles. The fourth-order valence-electron chi connectivity index (χ4n) is 3.06. The first-order valence-electron chi connectivity index (χ1n) is 8.56. The molecule has 4 nitrogen and oxygen atoms in total. The highest BCUT2D eigenvalue weighted by Gasteiger charge is 2.23. The van der Waals surface area contributed by atoms with Crippen molar-refractivity contribution in [1.29, 1.82) is 0 Å². The quantitative estimate of drug-likeness (QED) is 0.821. The van der Waals surface area contributed by atoms with Crippen molar-refractivity contribution in [2.45, 2.75) is 6.42 Å². The summed E-state index contributed by atoms with van der Waals surface area (Å²) in [6, 6.07) is 15.5. The minimum atomic E-state index is 0.0282. The summed E-state index contributed by atoms with van der Waals surface area (Å²) in [5.41, 5.74) is 1.89. The summed E-state index contributed by atoms with van der Waals surface area (Å²) in [7, 11) is 1.68. The monoisotopic (exact) mass is 358 g/mol. The van der Waals surface area contributed by atoms with Crippen LogP contribution in [0, 0.1) is 0 Å². The van der Waals surface area contributed by atoms with E-state index in [9.17, 15) is 4.79 Å². The van der Waals surface area contributed by atoms with Gasteiger partial charge in [-0.05, 0) is 36.2 Å². The maximum absolute atomic E-state index is 12.6. The number of halogens is 1. The Morgan fingerprint density at radius 1 is 1.04 bits per heavy atom. The van der Waals surface area contributed by atoms with Crippen LogP contribution in [0.25, 0.3) is 0 Å². The molecule has 1 aliphatic rings. The maximum Gasteiger partial charge on any atom is 0.255 e. The van der Waals surface area contributed by atoms with Gasteiger partial charge in [-0.25, -0.2) is 0 Å². The molecule has 2 aromatic rings. The van der Waals surface area contributed by atoms with Gasteiger partial charge in [-0.2, -0.15) is 0 Å². The Hall–Kier alpha value is -2.04. The molecular weight excluding hydrogens is 336 g/mol. The van der Waals surface area contributed by atoms with Crippen molar-refractivity contribution >= 4 is 17.5 Å². The molecule has 1 saturated heterocycles. The van der Waals surface area contributed by atoms with Crippen molar-refractivity contribution < 1.29 is 9.53 Å².